The van der Waals surface area contributed by atoms with Crippen LogP contribution in [0, 0.1) is 17.2 Å². The molecule has 0 bridgehead atoms. The molecule has 1 fully saturated rings. The van der Waals surface area contributed by atoms with Gasteiger partial charge < -0.3 is 10.2 Å². The Balaban J connectivity index is 1.72. The van der Waals surface area contributed by atoms with Crippen molar-refractivity contribution in [2.24, 2.45) is 5.92 Å². The Bertz CT molecular complexity index is 438. The fourth-order valence-corrected chi connectivity index (χ4v) is 2.69. The highest BCUT2D eigenvalue weighted by atomic mass is 15.1. The molecule has 2 rings (SSSR count). The van der Waals surface area contributed by atoms with Crippen LogP contribution in [-0.4, -0.2) is 31.1 Å². The van der Waals surface area contributed by atoms with E-state index >= 15 is 0 Å². The first kappa shape index (κ1) is 15.0. The second-order valence-corrected chi connectivity index (χ2v) is 5.93. The molecule has 1 N–H and O–H groups in total. The van der Waals surface area contributed by atoms with Gasteiger partial charge >= 0.3 is 0 Å². The summed E-state index contributed by atoms with van der Waals surface area (Å²) in [5, 5.41) is 12.4. The van der Waals surface area contributed by atoms with E-state index in [1.807, 2.05) is 24.3 Å². The standard InChI is InChI=1S/C17H25N3/c1-14-7-10-20(11-8-14)12-9-19-15(2)17-5-3-16(13-18)4-6-17/h3-6,14-15,19H,7-12H2,1-2H3. The predicted molar refractivity (Wildman–Crippen MR) is 82.4 cm³/mol. The molecule has 108 valence electrons. The molecule has 3 nitrogen and oxygen atoms in total. The van der Waals surface area contributed by atoms with Gasteiger partial charge in [-0.3, -0.25) is 0 Å². The number of nitrogens with zero attached hydrogens (tertiary/aromatic N) is 2. The van der Waals surface area contributed by atoms with Gasteiger partial charge in [-0.25, -0.2) is 0 Å². The molecular weight excluding hydrogens is 246 g/mol. The minimum absolute atomic E-state index is 0.339. The Morgan fingerprint density at radius 3 is 2.55 bits per heavy atom. The van der Waals surface area contributed by atoms with E-state index in [4.69, 9.17) is 5.26 Å². The molecule has 1 unspecified atom stereocenters. The number of nitriles is 1. The van der Waals surface area contributed by atoms with Crippen LogP contribution in [0.5, 0.6) is 0 Å². The summed E-state index contributed by atoms with van der Waals surface area (Å²) in [6, 6.07) is 10.4. The van der Waals surface area contributed by atoms with Crippen molar-refractivity contribution < 1.29 is 0 Å². The van der Waals surface area contributed by atoms with Crippen LogP contribution >= 0.6 is 0 Å². The highest BCUT2D eigenvalue weighted by Gasteiger charge is 2.15. The third-order valence-corrected chi connectivity index (χ3v) is 4.29. The first-order chi connectivity index (χ1) is 9.69. The first-order valence-corrected chi connectivity index (χ1v) is 7.65. The molecule has 1 atom stereocenters. The third-order valence-electron chi connectivity index (χ3n) is 4.29. The molecule has 20 heavy (non-hydrogen) atoms. The van der Waals surface area contributed by atoms with E-state index in [-0.39, 0.29) is 0 Å². The van der Waals surface area contributed by atoms with Gasteiger partial charge in [-0.15, -0.1) is 0 Å². The topological polar surface area (TPSA) is 39.1 Å². The van der Waals surface area contributed by atoms with Gasteiger partial charge in [0, 0.05) is 19.1 Å². The lowest BCUT2D eigenvalue weighted by molar-refractivity contribution is 0.191. The van der Waals surface area contributed by atoms with Crippen molar-refractivity contribution >= 4 is 0 Å². The highest BCUT2D eigenvalue weighted by Crippen LogP contribution is 2.16. The summed E-state index contributed by atoms with van der Waals surface area (Å²) in [4.78, 5) is 2.55. The fourth-order valence-electron chi connectivity index (χ4n) is 2.69. The van der Waals surface area contributed by atoms with Crippen LogP contribution in [0.1, 0.15) is 43.9 Å². The maximum Gasteiger partial charge on any atom is 0.0991 e. The van der Waals surface area contributed by atoms with Crippen LogP contribution in [0.2, 0.25) is 0 Å². The van der Waals surface area contributed by atoms with Gasteiger partial charge in [-0.2, -0.15) is 5.26 Å². The summed E-state index contributed by atoms with van der Waals surface area (Å²) in [6.45, 7) is 9.17. The van der Waals surface area contributed by atoms with E-state index in [2.05, 4.69) is 30.1 Å². The number of rotatable bonds is 5. The van der Waals surface area contributed by atoms with Gasteiger partial charge in [0.25, 0.3) is 0 Å². The van der Waals surface area contributed by atoms with Crippen molar-refractivity contribution in [3.63, 3.8) is 0 Å². The quantitative estimate of drug-likeness (QED) is 0.895. The predicted octanol–water partition coefficient (Wildman–Crippen LogP) is 2.94. The smallest absolute Gasteiger partial charge is 0.0991 e. The summed E-state index contributed by atoms with van der Waals surface area (Å²) >= 11 is 0. The first-order valence-electron chi connectivity index (χ1n) is 7.65. The van der Waals surface area contributed by atoms with Crippen molar-refractivity contribution in [3.8, 4) is 6.07 Å². The third kappa shape index (κ3) is 4.33. The Hall–Kier alpha value is -1.37. The van der Waals surface area contributed by atoms with Crippen LogP contribution in [0.3, 0.4) is 0 Å². The van der Waals surface area contributed by atoms with Gasteiger partial charge in [0.1, 0.15) is 0 Å². The summed E-state index contributed by atoms with van der Waals surface area (Å²) in [5.41, 5.74) is 1.97. The second-order valence-electron chi connectivity index (χ2n) is 5.93. The van der Waals surface area contributed by atoms with E-state index < -0.39 is 0 Å². The average molecular weight is 271 g/mol. The molecule has 1 aromatic rings. The molecule has 1 heterocycles. The van der Waals surface area contributed by atoms with Crippen LogP contribution in [-0.2, 0) is 0 Å². The van der Waals surface area contributed by atoms with Crippen molar-refractivity contribution in [1.29, 1.82) is 5.26 Å². The molecule has 1 aliphatic rings. The molecule has 0 aliphatic carbocycles. The van der Waals surface area contributed by atoms with Gasteiger partial charge in [0.05, 0.1) is 11.6 Å². The Labute approximate surface area is 122 Å². The van der Waals surface area contributed by atoms with Crippen LogP contribution in [0.15, 0.2) is 24.3 Å². The van der Waals surface area contributed by atoms with Gasteiger partial charge in [0.15, 0.2) is 0 Å². The number of likely N-dealkylation sites (tertiary alicyclic amines) is 1. The van der Waals surface area contributed by atoms with E-state index in [0.29, 0.717) is 6.04 Å². The zero-order valence-electron chi connectivity index (χ0n) is 12.6. The lowest BCUT2D eigenvalue weighted by atomic mass is 9.99. The number of nitrogens with one attached hydrogen (secondary N) is 1. The molecule has 0 amide bonds. The van der Waals surface area contributed by atoms with E-state index in [0.717, 1.165) is 24.6 Å². The maximum absolute atomic E-state index is 8.80. The summed E-state index contributed by atoms with van der Waals surface area (Å²) in [6.07, 6.45) is 2.68. The van der Waals surface area contributed by atoms with Crippen LogP contribution < -0.4 is 5.32 Å². The molecule has 1 aliphatic heterocycles. The maximum atomic E-state index is 8.80. The number of hydrogen-bond donors (Lipinski definition) is 1. The molecule has 1 saturated heterocycles. The zero-order valence-corrected chi connectivity index (χ0v) is 12.6. The van der Waals surface area contributed by atoms with Gasteiger partial charge in [-0.05, 0) is 56.5 Å². The van der Waals surface area contributed by atoms with Crippen LogP contribution in [0.4, 0.5) is 0 Å². The number of hydrogen-bond acceptors (Lipinski definition) is 3. The lowest BCUT2D eigenvalue weighted by Crippen LogP contribution is -2.38. The molecule has 0 radical (unpaired) electrons. The lowest BCUT2D eigenvalue weighted by Gasteiger charge is -2.30. The summed E-state index contributed by atoms with van der Waals surface area (Å²) < 4.78 is 0. The van der Waals surface area contributed by atoms with E-state index in [1.54, 1.807) is 0 Å². The molecular formula is C17H25N3. The van der Waals surface area contributed by atoms with Gasteiger partial charge in [-0.1, -0.05) is 19.1 Å². The normalized spacial score (nSPS) is 18.6. The minimum Gasteiger partial charge on any atom is -0.309 e. The zero-order chi connectivity index (χ0) is 14.4. The van der Waals surface area contributed by atoms with Crippen LogP contribution in [0.25, 0.3) is 0 Å². The SMILES string of the molecule is CC1CCN(CCNC(C)c2ccc(C#N)cc2)CC1. The highest BCUT2D eigenvalue weighted by molar-refractivity contribution is 5.32. The molecule has 0 aromatic heterocycles. The van der Waals surface area contributed by atoms with E-state index in [9.17, 15) is 0 Å². The fraction of sp³-hybridized carbons (Fsp3) is 0.588. The molecule has 0 saturated carbocycles. The second kappa shape index (κ2) is 7.42. The van der Waals surface area contributed by atoms with Gasteiger partial charge in [0.2, 0.25) is 0 Å². The van der Waals surface area contributed by atoms with E-state index in [1.165, 1.54) is 31.5 Å². The number of piperidine rings is 1. The summed E-state index contributed by atoms with van der Waals surface area (Å²) in [7, 11) is 0. The molecule has 1 aromatic carbocycles. The summed E-state index contributed by atoms with van der Waals surface area (Å²) in [5.74, 6) is 0.900. The average Bonchev–Trinajstić information content (AvgIpc) is 2.49. The van der Waals surface area contributed by atoms with Crippen molar-refractivity contribution in [1.82, 2.24) is 10.2 Å². The largest absolute Gasteiger partial charge is 0.309 e. The van der Waals surface area contributed by atoms with Crippen molar-refractivity contribution in [2.45, 2.75) is 32.7 Å². The Kier molecular flexibility index (Phi) is 5.58. The Morgan fingerprint density at radius 1 is 1.30 bits per heavy atom. The molecule has 0 spiro atoms. The monoisotopic (exact) mass is 271 g/mol. The molecule has 3 heteroatoms. The number of benzene rings is 1. The Morgan fingerprint density at radius 2 is 1.95 bits per heavy atom. The minimum atomic E-state index is 0.339. The van der Waals surface area contributed by atoms with Crippen molar-refractivity contribution in [2.75, 3.05) is 26.2 Å². The van der Waals surface area contributed by atoms with Crippen molar-refractivity contribution in [3.05, 3.63) is 35.4 Å².